The van der Waals surface area contributed by atoms with Gasteiger partial charge in [0.05, 0.1) is 31.5 Å². The molecule has 1 saturated heterocycles. The van der Waals surface area contributed by atoms with E-state index in [9.17, 15) is 29.4 Å². The predicted octanol–water partition coefficient (Wildman–Crippen LogP) is -2.45. The van der Waals surface area contributed by atoms with Crippen molar-refractivity contribution in [3.05, 3.63) is 45.3 Å². The smallest absolute Gasteiger partial charge is 0.278 e. The summed E-state index contributed by atoms with van der Waals surface area (Å²) in [5.41, 5.74) is 5.54. The van der Waals surface area contributed by atoms with Crippen LogP contribution in [0.4, 0.5) is 5.13 Å². The minimum atomic E-state index is -1.51. The minimum absolute atomic E-state index is 0.0700. The summed E-state index contributed by atoms with van der Waals surface area (Å²) in [6.45, 7) is 0.547. The Morgan fingerprint density at radius 3 is 2.74 bits per heavy atom. The third-order valence-corrected chi connectivity index (χ3v) is 7.63. The molecule has 2 aliphatic rings. The van der Waals surface area contributed by atoms with Crippen molar-refractivity contribution in [2.24, 2.45) is 5.16 Å². The summed E-state index contributed by atoms with van der Waals surface area (Å²) in [5, 5.41) is 27.2. The fourth-order valence-electron chi connectivity index (χ4n) is 4.24. The normalized spacial score (nSPS) is 19.6. The van der Waals surface area contributed by atoms with Crippen LogP contribution in [-0.4, -0.2) is 97.2 Å². The van der Waals surface area contributed by atoms with E-state index in [0.717, 1.165) is 16.4 Å². The molecule has 17 heteroatoms. The Morgan fingerprint density at radius 1 is 1.39 bits per heavy atom. The van der Waals surface area contributed by atoms with Crippen LogP contribution in [0, 0.1) is 0 Å². The first-order chi connectivity index (χ1) is 17.9. The van der Waals surface area contributed by atoms with E-state index in [1.54, 1.807) is 0 Å². The summed E-state index contributed by atoms with van der Waals surface area (Å²) in [5.74, 6) is -3.12. The van der Waals surface area contributed by atoms with Gasteiger partial charge in [-0.15, -0.1) is 11.8 Å². The molecule has 38 heavy (non-hydrogen) atoms. The second kappa shape index (κ2) is 10.4. The number of nitrogens with zero attached hydrogens (tertiary/aromatic N) is 5. The number of hydrogen-bond acceptors (Lipinski definition) is 13. The number of pyridine rings is 1. The van der Waals surface area contributed by atoms with Gasteiger partial charge in [0.15, 0.2) is 10.9 Å². The van der Waals surface area contributed by atoms with Crippen LogP contribution in [0.1, 0.15) is 11.5 Å². The van der Waals surface area contributed by atoms with Crippen LogP contribution in [0.2, 0.25) is 0 Å². The Hall–Kier alpha value is -3.96. The lowest BCUT2D eigenvalue weighted by Crippen LogP contribution is -2.71. The van der Waals surface area contributed by atoms with E-state index >= 15 is 0 Å². The van der Waals surface area contributed by atoms with E-state index in [0.29, 0.717) is 17.8 Å². The number of likely N-dealkylation sites (N-methyl/N-ethyl adjacent to an activating group) is 1. The van der Waals surface area contributed by atoms with E-state index in [4.69, 9.17) is 10.6 Å². The van der Waals surface area contributed by atoms with Crippen molar-refractivity contribution < 1.29 is 33.9 Å². The number of amides is 2. The molecule has 0 spiro atoms. The SMILES string of the molecule is CON=C(C(=O)N[C@@H]1C(=O)N2C(C(=O)[O-])=C(C[N+](C)(C)Cc3cc(=O)c(O)c[nH]3)CS[C@@H]12)c1nsc(N)n1. The first-order valence-corrected chi connectivity index (χ1v) is 12.9. The van der Waals surface area contributed by atoms with Crippen LogP contribution in [0.5, 0.6) is 5.75 Å². The van der Waals surface area contributed by atoms with Crippen LogP contribution in [0.3, 0.4) is 0 Å². The average Bonchev–Trinajstić information content (AvgIpc) is 3.27. The molecule has 15 nitrogen and oxygen atoms in total. The number of thioether (sulfide) groups is 1. The molecule has 0 aromatic carbocycles. The third-order valence-electron chi connectivity index (χ3n) is 5.75. The molecule has 2 aromatic rings. The zero-order valence-electron chi connectivity index (χ0n) is 20.5. The van der Waals surface area contributed by atoms with Crippen molar-refractivity contribution in [3.8, 4) is 5.75 Å². The molecular weight excluding hydrogens is 540 g/mol. The highest BCUT2D eigenvalue weighted by Crippen LogP contribution is 2.40. The second-order valence-corrected chi connectivity index (χ2v) is 11.0. The summed E-state index contributed by atoms with van der Waals surface area (Å²) in [4.78, 5) is 62.3. The Bertz CT molecular complexity index is 1420. The van der Waals surface area contributed by atoms with Gasteiger partial charge in [-0.1, -0.05) is 5.16 Å². The molecule has 0 unspecified atom stereocenters. The van der Waals surface area contributed by atoms with Crippen molar-refractivity contribution in [3.63, 3.8) is 0 Å². The maximum Gasteiger partial charge on any atom is 0.278 e. The average molecular weight is 565 g/mol. The number of carboxylic acids is 1. The fraction of sp³-hybridized carbons (Fsp3) is 0.381. The Kier molecular flexibility index (Phi) is 7.43. The number of aromatic nitrogens is 3. The lowest BCUT2D eigenvalue weighted by molar-refractivity contribution is -0.899. The van der Waals surface area contributed by atoms with Crippen LogP contribution in [0.25, 0.3) is 0 Å². The fourth-order valence-corrected chi connectivity index (χ4v) is 6.01. The number of carboxylic acid groups (broad SMARTS) is 1. The molecule has 5 N–H and O–H groups in total. The summed E-state index contributed by atoms with van der Waals surface area (Å²) in [6, 6.07) is 0.253. The molecule has 2 amide bonds. The summed E-state index contributed by atoms with van der Waals surface area (Å²) < 4.78 is 4.17. The van der Waals surface area contributed by atoms with E-state index in [1.807, 2.05) is 14.1 Å². The van der Waals surface area contributed by atoms with E-state index in [2.05, 4.69) is 24.8 Å². The maximum absolute atomic E-state index is 13.0. The number of carbonyl (C=O) groups excluding carboxylic acids is 3. The van der Waals surface area contributed by atoms with Gasteiger partial charge in [-0.3, -0.25) is 19.3 Å². The molecule has 4 heterocycles. The van der Waals surface area contributed by atoms with Gasteiger partial charge in [-0.25, -0.2) is 0 Å². The standard InChI is InChI=1S/C21H24N8O7S2/c1-29(2,7-10-4-11(30)12(31)5-23-10)6-9-8-37-19-14(18(33)28(19)15(9)20(34)35)24-17(32)13(26-36-3)16-25-21(22)38-27-16/h4-5,14,19H,6-8H2,1-3H3,(H5-,22,23,24,25,26,27,30,31,32,34,35)/t14-,19+/m1/s1. The van der Waals surface area contributed by atoms with Gasteiger partial charge in [0.1, 0.15) is 31.6 Å². The molecule has 1 fully saturated rings. The number of fused-ring (bicyclic) bond motifs is 1. The van der Waals surface area contributed by atoms with Crippen LogP contribution < -0.4 is 21.6 Å². The van der Waals surface area contributed by atoms with Crippen molar-refractivity contribution in [2.45, 2.75) is 18.0 Å². The van der Waals surface area contributed by atoms with Gasteiger partial charge in [-0.2, -0.15) is 9.36 Å². The van der Waals surface area contributed by atoms with Gasteiger partial charge < -0.3 is 40.4 Å². The Balaban J connectivity index is 1.51. The molecule has 2 atom stereocenters. The summed E-state index contributed by atoms with van der Waals surface area (Å²) in [6.07, 6.45) is 1.19. The van der Waals surface area contributed by atoms with Crippen molar-refractivity contribution >= 4 is 51.9 Å². The van der Waals surface area contributed by atoms with Crippen LogP contribution in [0.15, 0.2) is 33.5 Å². The second-order valence-electron chi connectivity index (χ2n) is 9.14. The van der Waals surface area contributed by atoms with Crippen LogP contribution >= 0.6 is 23.3 Å². The number of carbonyl (C=O) groups is 3. The van der Waals surface area contributed by atoms with E-state index in [-0.39, 0.29) is 39.1 Å². The third kappa shape index (κ3) is 5.34. The highest BCUT2D eigenvalue weighted by Gasteiger charge is 2.53. The highest BCUT2D eigenvalue weighted by molar-refractivity contribution is 8.00. The highest BCUT2D eigenvalue weighted by atomic mass is 32.2. The number of hydrogen-bond donors (Lipinski definition) is 4. The quantitative estimate of drug-likeness (QED) is 0.108. The Labute approximate surface area is 223 Å². The molecule has 0 saturated carbocycles. The molecule has 0 radical (unpaired) electrons. The van der Waals surface area contributed by atoms with Crippen molar-refractivity contribution in [1.82, 2.24) is 24.6 Å². The topological polar surface area (TPSA) is 216 Å². The molecule has 0 bridgehead atoms. The largest absolute Gasteiger partial charge is 0.543 e. The Morgan fingerprint density at radius 2 is 2.13 bits per heavy atom. The van der Waals surface area contributed by atoms with E-state index < -0.39 is 40.4 Å². The number of H-pyrrole nitrogens is 1. The number of nitrogens with one attached hydrogen (secondary N) is 2. The number of aliphatic carboxylic acids is 1. The summed E-state index contributed by atoms with van der Waals surface area (Å²) >= 11 is 2.15. The minimum Gasteiger partial charge on any atom is -0.543 e. The van der Waals surface area contributed by atoms with Gasteiger partial charge in [-0.05, 0) is 0 Å². The molecule has 202 valence electrons. The van der Waals surface area contributed by atoms with Crippen molar-refractivity contribution in [2.75, 3.05) is 39.2 Å². The zero-order chi connectivity index (χ0) is 27.8. The first-order valence-electron chi connectivity index (χ1n) is 11.0. The molecular formula is C21H24N8O7S2. The molecule has 2 aromatic heterocycles. The molecule has 4 rings (SSSR count). The lowest BCUT2D eigenvalue weighted by atomic mass is 10.0. The van der Waals surface area contributed by atoms with Gasteiger partial charge in [0.2, 0.25) is 17.0 Å². The number of β-lactam (4-membered cyclic amide) rings is 1. The summed E-state index contributed by atoms with van der Waals surface area (Å²) in [7, 11) is 4.89. The monoisotopic (exact) mass is 564 g/mol. The number of aromatic hydroxyl groups is 1. The number of quaternary nitrogens is 1. The van der Waals surface area contributed by atoms with Gasteiger partial charge >= 0.3 is 0 Å². The predicted molar refractivity (Wildman–Crippen MR) is 134 cm³/mol. The van der Waals surface area contributed by atoms with Gasteiger partial charge in [0, 0.05) is 35.1 Å². The lowest BCUT2D eigenvalue weighted by Gasteiger charge is -2.51. The number of nitrogens with two attached hydrogens (primary N) is 1. The molecule has 0 aliphatic carbocycles. The molecule has 2 aliphatic heterocycles. The number of anilines is 1. The van der Waals surface area contributed by atoms with Gasteiger partial charge in [0.25, 0.3) is 11.8 Å². The number of aromatic amines is 1. The van der Waals surface area contributed by atoms with Crippen molar-refractivity contribution in [1.29, 1.82) is 0 Å². The number of oxime groups is 1. The van der Waals surface area contributed by atoms with E-state index in [1.165, 1.54) is 31.1 Å². The number of nitrogen functional groups attached to an aromatic ring is 1. The first kappa shape index (κ1) is 27.1. The van der Waals surface area contributed by atoms with Crippen LogP contribution in [-0.2, 0) is 25.8 Å². The maximum atomic E-state index is 13.0. The zero-order valence-corrected chi connectivity index (χ0v) is 22.1. The number of rotatable bonds is 9.